The van der Waals surface area contributed by atoms with E-state index in [1.807, 2.05) is 0 Å². The second kappa shape index (κ2) is 5.71. The van der Waals surface area contributed by atoms with Gasteiger partial charge < -0.3 is 5.32 Å². The fourth-order valence-electron chi connectivity index (χ4n) is 2.62. The average Bonchev–Trinajstić information content (AvgIpc) is 3.16. The van der Waals surface area contributed by atoms with Crippen molar-refractivity contribution in [2.75, 3.05) is 26.2 Å². The van der Waals surface area contributed by atoms with Gasteiger partial charge in [-0.2, -0.15) is 0 Å². The maximum Gasteiger partial charge on any atom is 0.00967 e. The van der Waals surface area contributed by atoms with Gasteiger partial charge in [0.25, 0.3) is 0 Å². The van der Waals surface area contributed by atoms with E-state index in [9.17, 15) is 0 Å². The Balaban J connectivity index is 1.84. The molecule has 0 saturated heterocycles. The van der Waals surface area contributed by atoms with Crippen molar-refractivity contribution >= 4 is 0 Å². The summed E-state index contributed by atoms with van der Waals surface area (Å²) in [5, 5.41) is 3.55. The van der Waals surface area contributed by atoms with Gasteiger partial charge in [-0.05, 0) is 50.0 Å². The summed E-state index contributed by atoms with van der Waals surface area (Å²) >= 11 is 0. The van der Waals surface area contributed by atoms with E-state index in [2.05, 4.69) is 31.0 Å². The smallest absolute Gasteiger partial charge is 0.00967 e. The molecule has 100 valence electrons. The third-order valence-electron chi connectivity index (χ3n) is 4.49. The zero-order valence-electron chi connectivity index (χ0n) is 12.0. The first kappa shape index (κ1) is 13.4. The molecule has 1 N–H and O–H groups in total. The Morgan fingerprint density at radius 2 is 1.88 bits per heavy atom. The van der Waals surface area contributed by atoms with Gasteiger partial charge in [0.1, 0.15) is 0 Å². The second-order valence-electron chi connectivity index (χ2n) is 6.55. The van der Waals surface area contributed by atoms with E-state index in [4.69, 9.17) is 0 Å². The van der Waals surface area contributed by atoms with Crippen LogP contribution in [0.15, 0.2) is 0 Å². The second-order valence-corrected chi connectivity index (χ2v) is 6.55. The van der Waals surface area contributed by atoms with Crippen LogP contribution < -0.4 is 5.32 Å². The van der Waals surface area contributed by atoms with Gasteiger partial charge in [0, 0.05) is 25.7 Å². The Hall–Kier alpha value is -0.0800. The molecule has 0 aromatic carbocycles. The van der Waals surface area contributed by atoms with Crippen molar-refractivity contribution in [1.29, 1.82) is 0 Å². The third kappa shape index (κ3) is 4.26. The highest BCUT2D eigenvalue weighted by Crippen LogP contribution is 2.37. The van der Waals surface area contributed by atoms with Crippen LogP contribution in [0.5, 0.6) is 0 Å². The Morgan fingerprint density at radius 3 is 2.35 bits per heavy atom. The van der Waals surface area contributed by atoms with E-state index in [0.717, 1.165) is 18.5 Å². The summed E-state index contributed by atoms with van der Waals surface area (Å²) in [5.74, 6) is 1.04. The number of rotatable bonds is 9. The molecule has 0 bridgehead atoms. The van der Waals surface area contributed by atoms with Gasteiger partial charge in [-0.3, -0.25) is 4.90 Å². The first-order valence-corrected chi connectivity index (χ1v) is 7.61. The molecule has 2 fully saturated rings. The van der Waals surface area contributed by atoms with Crippen LogP contribution in [0.4, 0.5) is 0 Å². The van der Waals surface area contributed by atoms with Crippen LogP contribution in [-0.4, -0.2) is 37.1 Å². The minimum absolute atomic E-state index is 0.466. The normalized spacial score (nSPS) is 24.0. The molecule has 2 rings (SSSR count). The molecule has 0 heterocycles. The van der Waals surface area contributed by atoms with Gasteiger partial charge in [-0.15, -0.1) is 0 Å². The van der Waals surface area contributed by atoms with Crippen LogP contribution in [0.25, 0.3) is 0 Å². The molecular formula is C15H30N2. The molecule has 17 heavy (non-hydrogen) atoms. The minimum atomic E-state index is 0.466. The van der Waals surface area contributed by atoms with Gasteiger partial charge in [-0.25, -0.2) is 0 Å². The number of nitrogens with zero attached hydrogens (tertiary/aromatic N) is 1. The SMILES string of the molecule is CCNCC(C)(CC)CN(CC1CC1)C1CC1. The van der Waals surface area contributed by atoms with E-state index in [1.165, 1.54) is 51.7 Å². The molecular weight excluding hydrogens is 208 g/mol. The topological polar surface area (TPSA) is 15.3 Å². The maximum atomic E-state index is 3.55. The first-order chi connectivity index (χ1) is 8.17. The standard InChI is InChI=1S/C15H30N2/c1-4-15(3,11-16-5-2)12-17(14-8-9-14)10-13-6-7-13/h13-14,16H,4-12H2,1-3H3. The predicted molar refractivity (Wildman–Crippen MR) is 74.3 cm³/mol. The summed E-state index contributed by atoms with van der Waals surface area (Å²) in [6, 6.07) is 0.933. The Kier molecular flexibility index (Phi) is 4.48. The highest BCUT2D eigenvalue weighted by atomic mass is 15.2. The molecule has 0 aromatic rings. The van der Waals surface area contributed by atoms with Crippen molar-refractivity contribution in [3.63, 3.8) is 0 Å². The zero-order valence-corrected chi connectivity index (χ0v) is 12.0. The van der Waals surface area contributed by atoms with E-state index in [0.29, 0.717) is 5.41 Å². The Morgan fingerprint density at radius 1 is 1.18 bits per heavy atom. The fourth-order valence-corrected chi connectivity index (χ4v) is 2.62. The van der Waals surface area contributed by atoms with E-state index >= 15 is 0 Å². The summed E-state index contributed by atoms with van der Waals surface area (Å²) in [6.45, 7) is 12.0. The quantitative estimate of drug-likeness (QED) is 0.664. The van der Waals surface area contributed by atoms with Crippen molar-refractivity contribution in [1.82, 2.24) is 10.2 Å². The summed E-state index contributed by atoms with van der Waals surface area (Å²) < 4.78 is 0. The lowest BCUT2D eigenvalue weighted by atomic mass is 9.86. The summed E-state index contributed by atoms with van der Waals surface area (Å²) in [6.07, 6.45) is 7.16. The maximum absolute atomic E-state index is 3.55. The third-order valence-corrected chi connectivity index (χ3v) is 4.49. The Bertz CT molecular complexity index is 233. The molecule has 0 aromatic heterocycles. The average molecular weight is 238 g/mol. The predicted octanol–water partition coefficient (Wildman–Crippen LogP) is 2.89. The molecule has 2 aliphatic carbocycles. The molecule has 0 aliphatic heterocycles. The van der Waals surface area contributed by atoms with Gasteiger partial charge >= 0.3 is 0 Å². The molecule has 1 atom stereocenters. The molecule has 2 nitrogen and oxygen atoms in total. The largest absolute Gasteiger partial charge is 0.316 e. The van der Waals surface area contributed by atoms with Gasteiger partial charge in [-0.1, -0.05) is 20.8 Å². The lowest BCUT2D eigenvalue weighted by molar-refractivity contribution is 0.143. The van der Waals surface area contributed by atoms with Crippen molar-refractivity contribution in [2.45, 2.75) is 58.9 Å². The van der Waals surface area contributed by atoms with Crippen LogP contribution in [0.2, 0.25) is 0 Å². The molecule has 1 unspecified atom stereocenters. The highest BCUT2D eigenvalue weighted by molar-refractivity contribution is 4.92. The van der Waals surface area contributed by atoms with Gasteiger partial charge in [0.15, 0.2) is 0 Å². The lowest BCUT2D eigenvalue weighted by Crippen LogP contribution is -2.43. The van der Waals surface area contributed by atoms with E-state index in [-0.39, 0.29) is 0 Å². The van der Waals surface area contributed by atoms with Crippen LogP contribution in [0, 0.1) is 11.3 Å². The molecule has 0 amide bonds. The van der Waals surface area contributed by atoms with Crippen LogP contribution >= 0.6 is 0 Å². The molecule has 2 aliphatic rings. The van der Waals surface area contributed by atoms with E-state index < -0.39 is 0 Å². The number of hydrogen-bond donors (Lipinski definition) is 1. The highest BCUT2D eigenvalue weighted by Gasteiger charge is 2.37. The number of hydrogen-bond acceptors (Lipinski definition) is 2. The van der Waals surface area contributed by atoms with Gasteiger partial charge in [0.05, 0.1) is 0 Å². The Labute approximate surface area is 107 Å². The van der Waals surface area contributed by atoms with Crippen LogP contribution in [0.3, 0.4) is 0 Å². The molecule has 0 spiro atoms. The van der Waals surface area contributed by atoms with Crippen molar-refractivity contribution in [3.8, 4) is 0 Å². The summed E-state index contributed by atoms with van der Waals surface area (Å²) in [7, 11) is 0. The summed E-state index contributed by atoms with van der Waals surface area (Å²) in [5.41, 5.74) is 0.466. The lowest BCUT2D eigenvalue weighted by Gasteiger charge is -2.35. The zero-order chi connectivity index (χ0) is 12.3. The fraction of sp³-hybridized carbons (Fsp3) is 1.00. The van der Waals surface area contributed by atoms with Crippen LogP contribution in [-0.2, 0) is 0 Å². The van der Waals surface area contributed by atoms with Crippen molar-refractivity contribution in [2.24, 2.45) is 11.3 Å². The van der Waals surface area contributed by atoms with Crippen LogP contribution in [0.1, 0.15) is 52.9 Å². The summed E-state index contributed by atoms with van der Waals surface area (Å²) in [4.78, 5) is 2.80. The molecule has 2 heteroatoms. The van der Waals surface area contributed by atoms with Crippen molar-refractivity contribution < 1.29 is 0 Å². The minimum Gasteiger partial charge on any atom is -0.316 e. The van der Waals surface area contributed by atoms with E-state index in [1.54, 1.807) is 0 Å². The first-order valence-electron chi connectivity index (χ1n) is 7.61. The number of nitrogens with one attached hydrogen (secondary N) is 1. The van der Waals surface area contributed by atoms with Crippen molar-refractivity contribution in [3.05, 3.63) is 0 Å². The molecule has 2 saturated carbocycles. The van der Waals surface area contributed by atoms with Gasteiger partial charge in [0.2, 0.25) is 0 Å². The monoisotopic (exact) mass is 238 g/mol. The molecule has 0 radical (unpaired) electrons.